The smallest absolute Gasteiger partial charge is 0.200 e. The van der Waals surface area contributed by atoms with Crippen LogP contribution in [0.4, 0.5) is 5.88 Å². The van der Waals surface area contributed by atoms with Crippen molar-refractivity contribution < 1.29 is 13.9 Å². The molecule has 1 fully saturated rings. The van der Waals surface area contributed by atoms with Gasteiger partial charge in [0.15, 0.2) is 11.3 Å². The van der Waals surface area contributed by atoms with Crippen LogP contribution in [0, 0.1) is 18.3 Å². The fraction of sp³-hybridized carbons (Fsp3) is 0.474. The van der Waals surface area contributed by atoms with Crippen LogP contribution in [-0.4, -0.2) is 32.9 Å². The first kappa shape index (κ1) is 17.3. The summed E-state index contributed by atoms with van der Waals surface area (Å²) in [6.45, 7) is 5.13. The summed E-state index contributed by atoms with van der Waals surface area (Å²) in [5.41, 5.74) is 1.35. The van der Waals surface area contributed by atoms with E-state index in [0.717, 1.165) is 18.4 Å². The number of hydrogen-bond acceptors (Lipinski definition) is 6. The second-order valence-electron chi connectivity index (χ2n) is 6.08. The Labute approximate surface area is 146 Å². The fourth-order valence-corrected chi connectivity index (χ4v) is 2.91. The first-order valence-electron chi connectivity index (χ1n) is 8.60. The molecule has 1 aromatic heterocycles. The van der Waals surface area contributed by atoms with Gasteiger partial charge in [-0.3, -0.25) is 4.79 Å². The predicted octanol–water partition coefficient (Wildman–Crippen LogP) is 3.01. The Morgan fingerprint density at radius 3 is 2.84 bits per heavy atom. The number of nitrogens with zero attached hydrogens (tertiary/aromatic N) is 2. The molecule has 6 nitrogen and oxygen atoms in total. The summed E-state index contributed by atoms with van der Waals surface area (Å²) in [7, 11) is 0. The molecular formula is C19H22N2O4. The molecule has 0 N–H and O–H groups in total. The van der Waals surface area contributed by atoms with Crippen molar-refractivity contribution in [1.82, 2.24) is 0 Å². The van der Waals surface area contributed by atoms with Crippen LogP contribution in [-0.2, 0) is 4.74 Å². The van der Waals surface area contributed by atoms with E-state index in [1.807, 2.05) is 17.9 Å². The SMILES string of the molecule is Cc1c(OCCCCC#N)ccc2c(=O)cc(N3CCOCC3)oc12. The lowest BCUT2D eigenvalue weighted by Crippen LogP contribution is -2.36. The molecule has 1 aromatic carbocycles. The van der Waals surface area contributed by atoms with Crippen LogP contribution in [0.25, 0.3) is 11.0 Å². The van der Waals surface area contributed by atoms with Crippen molar-refractivity contribution >= 4 is 16.9 Å². The van der Waals surface area contributed by atoms with Crippen molar-refractivity contribution in [3.63, 3.8) is 0 Å². The zero-order chi connectivity index (χ0) is 17.6. The molecule has 0 saturated carbocycles. The summed E-state index contributed by atoms with van der Waals surface area (Å²) in [6.07, 6.45) is 2.18. The molecule has 132 valence electrons. The Morgan fingerprint density at radius 1 is 1.28 bits per heavy atom. The zero-order valence-electron chi connectivity index (χ0n) is 14.4. The van der Waals surface area contributed by atoms with E-state index < -0.39 is 0 Å². The Morgan fingerprint density at radius 2 is 2.08 bits per heavy atom. The van der Waals surface area contributed by atoms with E-state index in [-0.39, 0.29) is 5.43 Å². The minimum Gasteiger partial charge on any atom is -0.493 e. The number of benzene rings is 1. The van der Waals surface area contributed by atoms with Gasteiger partial charge in [-0.05, 0) is 31.9 Å². The number of fused-ring (bicyclic) bond motifs is 1. The Kier molecular flexibility index (Phi) is 5.56. The van der Waals surface area contributed by atoms with Crippen LogP contribution >= 0.6 is 0 Å². The van der Waals surface area contributed by atoms with E-state index in [1.165, 1.54) is 0 Å². The number of morpholine rings is 1. The number of ether oxygens (including phenoxy) is 2. The fourth-order valence-electron chi connectivity index (χ4n) is 2.91. The molecule has 1 aliphatic rings. The van der Waals surface area contributed by atoms with Crippen LogP contribution < -0.4 is 15.1 Å². The van der Waals surface area contributed by atoms with Crippen molar-refractivity contribution in [2.45, 2.75) is 26.2 Å². The Bertz CT molecular complexity index is 832. The van der Waals surface area contributed by atoms with Crippen LogP contribution in [0.2, 0.25) is 0 Å². The molecule has 0 unspecified atom stereocenters. The summed E-state index contributed by atoms with van der Waals surface area (Å²) in [4.78, 5) is 14.5. The molecule has 0 atom stereocenters. The predicted molar refractivity (Wildman–Crippen MR) is 95.2 cm³/mol. The van der Waals surface area contributed by atoms with Crippen molar-refractivity contribution in [2.24, 2.45) is 0 Å². The molecule has 2 aromatic rings. The number of hydrogen-bond donors (Lipinski definition) is 0. The number of aryl methyl sites for hydroxylation is 1. The normalized spacial score (nSPS) is 14.5. The maximum Gasteiger partial charge on any atom is 0.200 e. The summed E-state index contributed by atoms with van der Waals surface area (Å²) < 4.78 is 17.2. The average Bonchev–Trinajstić information content (AvgIpc) is 2.64. The molecular weight excluding hydrogens is 320 g/mol. The highest BCUT2D eigenvalue weighted by atomic mass is 16.5. The summed E-state index contributed by atoms with van der Waals surface area (Å²) in [5, 5.41) is 9.12. The lowest BCUT2D eigenvalue weighted by Gasteiger charge is -2.27. The van der Waals surface area contributed by atoms with Gasteiger partial charge in [0.1, 0.15) is 11.3 Å². The molecule has 0 amide bonds. The number of nitriles is 1. The van der Waals surface area contributed by atoms with E-state index in [0.29, 0.717) is 61.9 Å². The molecule has 2 heterocycles. The molecule has 1 saturated heterocycles. The first-order chi connectivity index (χ1) is 12.2. The first-order valence-corrected chi connectivity index (χ1v) is 8.60. The van der Waals surface area contributed by atoms with Crippen molar-refractivity contribution in [2.75, 3.05) is 37.8 Å². The van der Waals surface area contributed by atoms with E-state index in [9.17, 15) is 4.79 Å². The molecule has 0 spiro atoms. The Balaban J connectivity index is 1.85. The minimum absolute atomic E-state index is 0.0496. The van der Waals surface area contributed by atoms with Crippen molar-refractivity contribution in [3.05, 3.63) is 34.0 Å². The number of anilines is 1. The van der Waals surface area contributed by atoms with Crippen LogP contribution in [0.1, 0.15) is 24.8 Å². The standard InChI is InChI=1S/C19H22N2O4/c1-14-17(24-10-4-2-3-7-20)6-5-15-16(22)13-18(25-19(14)15)21-8-11-23-12-9-21/h5-6,13H,2-4,8-12H2,1H3. The summed E-state index contributed by atoms with van der Waals surface area (Å²) in [5.74, 6) is 1.29. The van der Waals surface area contributed by atoms with Crippen LogP contribution in [0.15, 0.2) is 27.4 Å². The third-order valence-corrected chi connectivity index (χ3v) is 4.35. The van der Waals surface area contributed by atoms with Gasteiger partial charge < -0.3 is 18.8 Å². The third-order valence-electron chi connectivity index (χ3n) is 4.35. The van der Waals surface area contributed by atoms with E-state index >= 15 is 0 Å². The summed E-state index contributed by atoms with van der Waals surface area (Å²) in [6, 6.07) is 7.24. The van der Waals surface area contributed by atoms with Gasteiger partial charge in [-0.15, -0.1) is 0 Å². The monoisotopic (exact) mass is 342 g/mol. The largest absolute Gasteiger partial charge is 0.493 e. The number of unbranched alkanes of at least 4 members (excludes halogenated alkanes) is 2. The van der Waals surface area contributed by atoms with Crippen molar-refractivity contribution in [1.29, 1.82) is 5.26 Å². The molecule has 0 radical (unpaired) electrons. The van der Waals surface area contributed by atoms with Gasteiger partial charge in [0.2, 0.25) is 0 Å². The lowest BCUT2D eigenvalue weighted by molar-refractivity contribution is 0.121. The maximum absolute atomic E-state index is 12.4. The van der Waals surface area contributed by atoms with Gasteiger partial charge in [0.25, 0.3) is 0 Å². The molecule has 25 heavy (non-hydrogen) atoms. The van der Waals surface area contributed by atoms with Gasteiger partial charge >= 0.3 is 0 Å². The second-order valence-corrected chi connectivity index (χ2v) is 6.08. The molecule has 1 aliphatic heterocycles. The number of rotatable bonds is 6. The van der Waals surface area contributed by atoms with E-state index in [1.54, 1.807) is 12.1 Å². The van der Waals surface area contributed by atoms with Crippen LogP contribution in [0.5, 0.6) is 5.75 Å². The minimum atomic E-state index is -0.0496. The van der Waals surface area contributed by atoms with Gasteiger partial charge in [-0.25, -0.2) is 0 Å². The highest BCUT2D eigenvalue weighted by Crippen LogP contribution is 2.29. The molecule has 0 bridgehead atoms. The molecule has 0 aliphatic carbocycles. The second kappa shape index (κ2) is 8.04. The average molecular weight is 342 g/mol. The molecule has 3 rings (SSSR count). The maximum atomic E-state index is 12.4. The Hall–Kier alpha value is -2.52. The van der Waals surface area contributed by atoms with Gasteiger partial charge in [0, 0.05) is 31.1 Å². The lowest BCUT2D eigenvalue weighted by atomic mass is 10.1. The quantitative estimate of drug-likeness (QED) is 0.751. The zero-order valence-corrected chi connectivity index (χ0v) is 14.4. The highest BCUT2D eigenvalue weighted by Gasteiger charge is 2.17. The van der Waals surface area contributed by atoms with E-state index in [4.69, 9.17) is 19.2 Å². The van der Waals surface area contributed by atoms with Crippen molar-refractivity contribution in [3.8, 4) is 11.8 Å². The van der Waals surface area contributed by atoms with E-state index in [2.05, 4.69) is 6.07 Å². The van der Waals surface area contributed by atoms with Gasteiger partial charge in [-0.2, -0.15) is 5.26 Å². The third kappa shape index (κ3) is 3.94. The summed E-state index contributed by atoms with van der Waals surface area (Å²) >= 11 is 0. The van der Waals surface area contributed by atoms with Crippen LogP contribution in [0.3, 0.4) is 0 Å². The van der Waals surface area contributed by atoms with Gasteiger partial charge in [0.05, 0.1) is 31.3 Å². The highest BCUT2D eigenvalue weighted by molar-refractivity contribution is 5.82. The topological polar surface area (TPSA) is 75.7 Å². The van der Waals surface area contributed by atoms with Gasteiger partial charge in [-0.1, -0.05) is 0 Å². The molecule has 6 heteroatoms.